The molecule has 1 saturated heterocycles. The molecule has 1 fully saturated rings. The van der Waals surface area contributed by atoms with E-state index in [1.165, 1.54) is 12.0 Å². The lowest BCUT2D eigenvalue weighted by Crippen LogP contribution is -2.42. The van der Waals surface area contributed by atoms with Crippen LogP contribution in [-0.4, -0.2) is 29.6 Å². The molecule has 1 aromatic carbocycles. The van der Waals surface area contributed by atoms with E-state index in [1.54, 1.807) is 6.07 Å². The maximum Gasteiger partial charge on any atom is 0.115 e. The van der Waals surface area contributed by atoms with E-state index in [2.05, 4.69) is 17.9 Å². The molecular formula is C14H22N2O. The minimum atomic E-state index is 0.350. The lowest BCUT2D eigenvalue weighted by Gasteiger charge is -2.36. The third-order valence-electron chi connectivity index (χ3n) is 3.82. The predicted molar refractivity (Wildman–Crippen MR) is 69.7 cm³/mol. The van der Waals surface area contributed by atoms with Crippen LogP contribution in [0.5, 0.6) is 5.75 Å². The van der Waals surface area contributed by atoms with E-state index in [9.17, 15) is 5.11 Å². The van der Waals surface area contributed by atoms with Gasteiger partial charge in [0.1, 0.15) is 5.75 Å². The molecule has 0 amide bonds. The van der Waals surface area contributed by atoms with Gasteiger partial charge in [-0.05, 0) is 49.0 Å². The first kappa shape index (κ1) is 12.4. The van der Waals surface area contributed by atoms with Gasteiger partial charge in [-0.2, -0.15) is 0 Å². The Morgan fingerprint density at radius 3 is 3.00 bits per heavy atom. The average Bonchev–Trinajstić information content (AvgIpc) is 2.32. The Morgan fingerprint density at radius 1 is 1.47 bits per heavy atom. The summed E-state index contributed by atoms with van der Waals surface area (Å²) in [6.07, 6.45) is 1.22. The fraction of sp³-hybridized carbons (Fsp3) is 0.571. The first-order valence-electron chi connectivity index (χ1n) is 6.39. The van der Waals surface area contributed by atoms with Crippen molar-refractivity contribution >= 4 is 0 Å². The Hall–Kier alpha value is -1.06. The highest BCUT2D eigenvalue weighted by Gasteiger charge is 2.24. The van der Waals surface area contributed by atoms with Gasteiger partial charge in [0.25, 0.3) is 0 Å². The van der Waals surface area contributed by atoms with Crippen molar-refractivity contribution in [3.8, 4) is 5.75 Å². The van der Waals surface area contributed by atoms with Crippen molar-refractivity contribution in [3.63, 3.8) is 0 Å². The summed E-state index contributed by atoms with van der Waals surface area (Å²) in [5.74, 6) is 1.70. The number of likely N-dealkylation sites (tertiary alicyclic amines) is 1. The van der Waals surface area contributed by atoms with Crippen LogP contribution in [0.3, 0.4) is 0 Å². The Balaban J connectivity index is 1.95. The van der Waals surface area contributed by atoms with Crippen LogP contribution >= 0.6 is 0 Å². The first-order valence-corrected chi connectivity index (χ1v) is 6.39. The molecular weight excluding hydrogens is 212 g/mol. The number of nitrogens with two attached hydrogens (primary N) is 1. The SMILES string of the molecule is CC1CCN(Cc2cccc(O)c2)CC1CN. The Morgan fingerprint density at radius 2 is 2.29 bits per heavy atom. The second kappa shape index (κ2) is 5.52. The molecule has 0 bridgehead atoms. The molecule has 1 aromatic rings. The van der Waals surface area contributed by atoms with E-state index in [-0.39, 0.29) is 0 Å². The number of phenolic OH excluding ortho intramolecular Hbond substituents is 1. The van der Waals surface area contributed by atoms with Gasteiger partial charge < -0.3 is 10.8 Å². The molecule has 3 heteroatoms. The molecule has 0 aliphatic carbocycles. The summed E-state index contributed by atoms with van der Waals surface area (Å²) in [6.45, 7) is 6.19. The zero-order valence-electron chi connectivity index (χ0n) is 10.5. The Bertz CT molecular complexity index is 367. The van der Waals surface area contributed by atoms with Crippen LogP contribution in [0.1, 0.15) is 18.9 Å². The van der Waals surface area contributed by atoms with Crippen molar-refractivity contribution in [1.82, 2.24) is 4.90 Å². The molecule has 3 N–H and O–H groups in total. The van der Waals surface area contributed by atoms with Crippen LogP contribution in [0.2, 0.25) is 0 Å². The van der Waals surface area contributed by atoms with Gasteiger partial charge in [0.2, 0.25) is 0 Å². The van der Waals surface area contributed by atoms with E-state index in [0.717, 1.165) is 32.1 Å². The zero-order chi connectivity index (χ0) is 12.3. The van der Waals surface area contributed by atoms with Gasteiger partial charge in [0.05, 0.1) is 0 Å². The number of aromatic hydroxyl groups is 1. The predicted octanol–water partition coefficient (Wildman–Crippen LogP) is 1.81. The summed E-state index contributed by atoms with van der Waals surface area (Å²) in [4.78, 5) is 2.44. The van der Waals surface area contributed by atoms with Crippen molar-refractivity contribution in [2.75, 3.05) is 19.6 Å². The van der Waals surface area contributed by atoms with E-state index < -0.39 is 0 Å². The molecule has 2 rings (SSSR count). The number of benzene rings is 1. The molecule has 94 valence electrons. The summed E-state index contributed by atoms with van der Waals surface area (Å²) < 4.78 is 0. The van der Waals surface area contributed by atoms with Crippen LogP contribution in [0.25, 0.3) is 0 Å². The van der Waals surface area contributed by atoms with Crippen molar-refractivity contribution in [2.45, 2.75) is 19.9 Å². The second-order valence-electron chi connectivity index (χ2n) is 5.17. The third-order valence-corrected chi connectivity index (χ3v) is 3.82. The molecule has 0 aromatic heterocycles. The number of nitrogens with zero attached hydrogens (tertiary/aromatic N) is 1. The van der Waals surface area contributed by atoms with Crippen LogP contribution in [0.4, 0.5) is 0 Å². The summed E-state index contributed by atoms with van der Waals surface area (Å²) in [5.41, 5.74) is 6.98. The van der Waals surface area contributed by atoms with Crippen LogP contribution in [0.15, 0.2) is 24.3 Å². The molecule has 0 spiro atoms. The van der Waals surface area contributed by atoms with Crippen LogP contribution in [-0.2, 0) is 6.54 Å². The van der Waals surface area contributed by atoms with E-state index in [1.807, 2.05) is 12.1 Å². The van der Waals surface area contributed by atoms with Crippen molar-refractivity contribution < 1.29 is 5.11 Å². The molecule has 0 radical (unpaired) electrons. The molecule has 1 aliphatic rings. The number of hydrogen-bond donors (Lipinski definition) is 2. The van der Waals surface area contributed by atoms with Gasteiger partial charge in [0.15, 0.2) is 0 Å². The van der Waals surface area contributed by atoms with Crippen molar-refractivity contribution in [3.05, 3.63) is 29.8 Å². The monoisotopic (exact) mass is 234 g/mol. The van der Waals surface area contributed by atoms with Gasteiger partial charge in [-0.1, -0.05) is 19.1 Å². The van der Waals surface area contributed by atoms with Crippen molar-refractivity contribution in [1.29, 1.82) is 0 Å². The lowest BCUT2D eigenvalue weighted by molar-refractivity contribution is 0.126. The number of rotatable bonds is 3. The smallest absolute Gasteiger partial charge is 0.115 e. The standard InChI is InChI=1S/C14H22N2O/c1-11-5-6-16(10-13(11)8-15)9-12-3-2-4-14(17)7-12/h2-4,7,11,13,17H,5-6,8-10,15H2,1H3. The highest BCUT2D eigenvalue weighted by Crippen LogP contribution is 2.24. The number of piperidine rings is 1. The molecule has 2 unspecified atom stereocenters. The highest BCUT2D eigenvalue weighted by molar-refractivity contribution is 5.27. The minimum Gasteiger partial charge on any atom is -0.508 e. The topological polar surface area (TPSA) is 49.5 Å². The largest absolute Gasteiger partial charge is 0.508 e. The average molecular weight is 234 g/mol. The summed E-state index contributed by atoms with van der Waals surface area (Å²) in [6, 6.07) is 7.52. The maximum atomic E-state index is 9.44. The Labute approximate surface area is 103 Å². The van der Waals surface area contributed by atoms with Crippen LogP contribution in [0, 0.1) is 11.8 Å². The zero-order valence-corrected chi connectivity index (χ0v) is 10.5. The van der Waals surface area contributed by atoms with Gasteiger partial charge in [-0.15, -0.1) is 0 Å². The molecule has 3 nitrogen and oxygen atoms in total. The lowest BCUT2D eigenvalue weighted by atomic mass is 9.87. The van der Waals surface area contributed by atoms with Gasteiger partial charge in [-0.3, -0.25) is 4.90 Å². The quantitative estimate of drug-likeness (QED) is 0.838. The van der Waals surface area contributed by atoms with Crippen molar-refractivity contribution in [2.24, 2.45) is 17.6 Å². The first-order chi connectivity index (χ1) is 8.19. The highest BCUT2D eigenvalue weighted by atomic mass is 16.3. The second-order valence-corrected chi connectivity index (χ2v) is 5.17. The minimum absolute atomic E-state index is 0.350. The summed E-state index contributed by atoms with van der Waals surface area (Å²) in [7, 11) is 0. The normalized spacial score (nSPS) is 26.0. The van der Waals surface area contributed by atoms with E-state index in [4.69, 9.17) is 5.73 Å². The molecule has 2 atom stereocenters. The third kappa shape index (κ3) is 3.20. The number of hydrogen-bond acceptors (Lipinski definition) is 3. The summed E-state index contributed by atoms with van der Waals surface area (Å²) >= 11 is 0. The molecule has 0 saturated carbocycles. The number of phenols is 1. The van der Waals surface area contributed by atoms with Gasteiger partial charge in [0, 0.05) is 13.1 Å². The fourth-order valence-corrected chi connectivity index (χ4v) is 2.59. The van der Waals surface area contributed by atoms with E-state index >= 15 is 0 Å². The Kier molecular flexibility index (Phi) is 4.02. The molecule has 1 aliphatic heterocycles. The van der Waals surface area contributed by atoms with Gasteiger partial charge >= 0.3 is 0 Å². The maximum absolute atomic E-state index is 9.44. The van der Waals surface area contributed by atoms with Gasteiger partial charge in [-0.25, -0.2) is 0 Å². The fourth-order valence-electron chi connectivity index (χ4n) is 2.59. The molecule has 1 heterocycles. The summed E-state index contributed by atoms with van der Waals surface area (Å²) in [5, 5.41) is 9.44. The molecule has 17 heavy (non-hydrogen) atoms. The van der Waals surface area contributed by atoms with Crippen LogP contribution < -0.4 is 5.73 Å². The van der Waals surface area contributed by atoms with E-state index in [0.29, 0.717) is 11.7 Å².